The Labute approximate surface area is 188 Å². The molecule has 2 aliphatic heterocycles. The van der Waals surface area contributed by atoms with E-state index in [-0.39, 0.29) is 47.7 Å². The third-order valence-electron chi connectivity index (χ3n) is 5.82. The zero-order valence-corrected chi connectivity index (χ0v) is 17.8. The third-order valence-corrected chi connectivity index (χ3v) is 5.82. The van der Waals surface area contributed by atoms with Gasteiger partial charge >= 0.3 is 0 Å². The van der Waals surface area contributed by atoms with Crippen molar-refractivity contribution in [2.45, 2.75) is 12.8 Å². The Morgan fingerprint density at radius 3 is 1.76 bits per heavy atom. The Bertz CT molecular complexity index is 1080. The number of nitrogens with zero attached hydrogens (tertiary/aromatic N) is 2. The number of amides is 1. The minimum absolute atomic E-state index is 0.0196. The lowest BCUT2D eigenvalue weighted by molar-refractivity contribution is -0.131. The number of carbonyl (C=O) groups excluding carboxylic acids is 2. The number of ketones is 1. The molecule has 2 aromatic rings. The van der Waals surface area contributed by atoms with Crippen molar-refractivity contribution >= 4 is 23.8 Å². The summed E-state index contributed by atoms with van der Waals surface area (Å²) in [5.41, 5.74) is 0.996. The summed E-state index contributed by atoms with van der Waals surface area (Å²) in [6.07, 6.45) is 4.22. The standard InChI is InChI=1S/C25H22F4N2O2/c26-20-4-2-16(12-22(20)28)10-18-14-31(24(32)6-9-30-7-1-8-30)15-19(25(18)33)11-17-3-5-21(27)23(29)13-17/h2-5,10-13H,1,6-9,14-15H2/b18-10+,19-11+. The van der Waals surface area contributed by atoms with E-state index in [9.17, 15) is 27.2 Å². The molecule has 172 valence electrons. The fourth-order valence-electron chi connectivity index (χ4n) is 3.84. The zero-order valence-electron chi connectivity index (χ0n) is 17.8. The van der Waals surface area contributed by atoms with E-state index in [1.807, 2.05) is 0 Å². The number of Topliss-reactive ketones (excluding diaryl/α,β-unsaturated/α-hetero) is 1. The van der Waals surface area contributed by atoms with Crippen molar-refractivity contribution in [3.63, 3.8) is 0 Å². The van der Waals surface area contributed by atoms with Gasteiger partial charge in [-0.05, 0) is 67.1 Å². The van der Waals surface area contributed by atoms with Crippen LogP contribution in [0.4, 0.5) is 17.6 Å². The van der Waals surface area contributed by atoms with Gasteiger partial charge in [-0.2, -0.15) is 0 Å². The molecule has 2 fully saturated rings. The van der Waals surface area contributed by atoms with Gasteiger partial charge in [-0.25, -0.2) is 17.6 Å². The number of hydrogen-bond acceptors (Lipinski definition) is 3. The van der Waals surface area contributed by atoms with Gasteiger partial charge in [0.15, 0.2) is 29.1 Å². The minimum Gasteiger partial charge on any atom is -0.334 e. The maximum atomic E-state index is 13.6. The Kier molecular flexibility index (Phi) is 6.74. The van der Waals surface area contributed by atoms with E-state index in [1.165, 1.54) is 29.2 Å². The molecule has 2 aromatic carbocycles. The van der Waals surface area contributed by atoms with Crippen molar-refractivity contribution < 1.29 is 27.2 Å². The highest BCUT2D eigenvalue weighted by molar-refractivity contribution is 6.15. The van der Waals surface area contributed by atoms with Crippen molar-refractivity contribution in [3.8, 4) is 0 Å². The second kappa shape index (κ2) is 9.70. The molecular formula is C25H22F4N2O2. The molecular weight excluding hydrogens is 436 g/mol. The van der Waals surface area contributed by atoms with Crippen LogP contribution in [0.15, 0.2) is 47.5 Å². The summed E-state index contributed by atoms with van der Waals surface area (Å²) in [6.45, 7) is 2.56. The lowest BCUT2D eigenvalue weighted by Gasteiger charge is -2.33. The highest BCUT2D eigenvalue weighted by Crippen LogP contribution is 2.24. The molecule has 0 unspecified atom stereocenters. The second-order valence-electron chi connectivity index (χ2n) is 8.21. The first-order valence-electron chi connectivity index (χ1n) is 10.7. The van der Waals surface area contributed by atoms with E-state index in [2.05, 4.69) is 4.90 Å². The first-order chi connectivity index (χ1) is 15.8. The van der Waals surface area contributed by atoms with Gasteiger partial charge in [-0.1, -0.05) is 12.1 Å². The summed E-state index contributed by atoms with van der Waals surface area (Å²) in [5, 5.41) is 0. The van der Waals surface area contributed by atoms with Crippen LogP contribution in [-0.4, -0.2) is 54.2 Å². The second-order valence-corrected chi connectivity index (χ2v) is 8.21. The molecule has 0 aliphatic carbocycles. The van der Waals surface area contributed by atoms with Crippen LogP contribution in [0, 0.1) is 23.3 Å². The predicted octanol–water partition coefficient (Wildman–Crippen LogP) is 4.22. The lowest BCUT2D eigenvalue weighted by Crippen LogP contribution is -2.44. The van der Waals surface area contributed by atoms with Gasteiger partial charge in [0.05, 0.1) is 0 Å². The predicted molar refractivity (Wildman–Crippen MR) is 116 cm³/mol. The summed E-state index contributed by atoms with van der Waals surface area (Å²) in [5.74, 6) is -4.65. The molecule has 4 rings (SSSR count). The van der Waals surface area contributed by atoms with Crippen LogP contribution < -0.4 is 0 Å². The Hall–Kier alpha value is -3.26. The molecule has 0 aromatic heterocycles. The molecule has 0 radical (unpaired) electrons. The summed E-state index contributed by atoms with van der Waals surface area (Å²) in [7, 11) is 0. The van der Waals surface area contributed by atoms with Gasteiger partial charge in [-0.3, -0.25) is 9.59 Å². The number of carbonyl (C=O) groups is 2. The molecule has 1 amide bonds. The zero-order chi connectivity index (χ0) is 23.5. The molecule has 0 bridgehead atoms. The lowest BCUT2D eigenvalue weighted by atomic mass is 9.94. The van der Waals surface area contributed by atoms with Crippen LogP contribution in [0.5, 0.6) is 0 Å². The van der Waals surface area contributed by atoms with Crippen molar-refractivity contribution in [2.24, 2.45) is 0 Å². The van der Waals surface area contributed by atoms with Gasteiger partial charge in [0.2, 0.25) is 5.91 Å². The smallest absolute Gasteiger partial charge is 0.224 e. The van der Waals surface area contributed by atoms with Crippen LogP contribution >= 0.6 is 0 Å². The fourth-order valence-corrected chi connectivity index (χ4v) is 3.84. The maximum Gasteiger partial charge on any atom is 0.224 e. The highest BCUT2D eigenvalue weighted by atomic mass is 19.2. The van der Waals surface area contributed by atoms with Gasteiger partial charge in [0.25, 0.3) is 0 Å². The van der Waals surface area contributed by atoms with Crippen molar-refractivity contribution in [3.05, 3.63) is 81.9 Å². The molecule has 2 heterocycles. The van der Waals surface area contributed by atoms with Gasteiger partial charge in [0.1, 0.15) is 0 Å². The van der Waals surface area contributed by atoms with Crippen LogP contribution in [0.1, 0.15) is 24.0 Å². The Morgan fingerprint density at radius 1 is 0.818 bits per heavy atom. The van der Waals surface area contributed by atoms with E-state index < -0.39 is 29.1 Å². The van der Waals surface area contributed by atoms with Crippen molar-refractivity contribution in [2.75, 3.05) is 32.7 Å². The van der Waals surface area contributed by atoms with Crippen molar-refractivity contribution in [1.29, 1.82) is 0 Å². The maximum absolute atomic E-state index is 13.6. The van der Waals surface area contributed by atoms with Gasteiger partial charge < -0.3 is 9.80 Å². The molecule has 4 nitrogen and oxygen atoms in total. The monoisotopic (exact) mass is 458 g/mol. The molecule has 0 saturated carbocycles. The van der Waals surface area contributed by atoms with E-state index in [1.54, 1.807) is 0 Å². The number of benzene rings is 2. The minimum atomic E-state index is -1.05. The van der Waals surface area contributed by atoms with Gasteiger partial charge in [0, 0.05) is 37.2 Å². The number of halogens is 4. The van der Waals surface area contributed by atoms with Crippen LogP contribution in [-0.2, 0) is 9.59 Å². The molecule has 2 aliphatic rings. The average molecular weight is 458 g/mol. The number of hydrogen-bond donors (Lipinski definition) is 0. The molecule has 33 heavy (non-hydrogen) atoms. The molecule has 0 N–H and O–H groups in total. The Morgan fingerprint density at radius 2 is 1.33 bits per heavy atom. The van der Waals surface area contributed by atoms with E-state index in [0.29, 0.717) is 6.54 Å². The van der Waals surface area contributed by atoms with Gasteiger partial charge in [-0.15, -0.1) is 0 Å². The molecule has 0 atom stereocenters. The first kappa shape index (κ1) is 22.9. The summed E-state index contributed by atoms with van der Waals surface area (Å²) in [4.78, 5) is 29.6. The van der Waals surface area contributed by atoms with E-state index in [0.717, 1.165) is 43.8 Å². The first-order valence-corrected chi connectivity index (χ1v) is 10.7. The fraction of sp³-hybridized carbons (Fsp3) is 0.280. The summed E-state index contributed by atoms with van der Waals surface area (Å²) < 4.78 is 53.9. The largest absolute Gasteiger partial charge is 0.334 e. The van der Waals surface area contributed by atoms with Crippen LogP contribution in [0.2, 0.25) is 0 Å². The van der Waals surface area contributed by atoms with E-state index >= 15 is 0 Å². The number of piperidine rings is 1. The van der Waals surface area contributed by atoms with Crippen LogP contribution in [0.25, 0.3) is 12.2 Å². The summed E-state index contributed by atoms with van der Waals surface area (Å²) in [6, 6.07) is 6.54. The molecule has 0 spiro atoms. The van der Waals surface area contributed by atoms with Crippen LogP contribution in [0.3, 0.4) is 0 Å². The normalized spacial score (nSPS) is 19.3. The molecule has 2 saturated heterocycles. The number of likely N-dealkylation sites (tertiary alicyclic amines) is 2. The summed E-state index contributed by atoms with van der Waals surface area (Å²) >= 11 is 0. The quantitative estimate of drug-likeness (QED) is 0.498. The SMILES string of the molecule is O=C1/C(=C/c2ccc(F)c(F)c2)CN(C(=O)CCN2CCC2)C/C1=C\c1ccc(F)c(F)c1. The van der Waals surface area contributed by atoms with E-state index in [4.69, 9.17) is 0 Å². The highest BCUT2D eigenvalue weighted by Gasteiger charge is 2.29. The number of rotatable bonds is 5. The van der Waals surface area contributed by atoms with Crippen molar-refractivity contribution in [1.82, 2.24) is 9.80 Å². The molecule has 8 heteroatoms. The topological polar surface area (TPSA) is 40.6 Å². The Balaban J connectivity index is 1.64. The third kappa shape index (κ3) is 5.39. The average Bonchev–Trinajstić information content (AvgIpc) is 2.75.